The lowest BCUT2D eigenvalue weighted by atomic mass is 9.89. The van der Waals surface area contributed by atoms with Crippen LogP contribution in [0.5, 0.6) is 0 Å². The third kappa shape index (κ3) is 3.93. The number of hydrogen-bond acceptors (Lipinski definition) is 2. The Hall–Kier alpha value is -1.51. The maximum absolute atomic E-state index is 10.7. The molecule has 1 atom stereocenters. The quantitative estimate of drug-likeness (QED) is 0.849. The number of carbonyl (C=O) groups is 1. The third-order valence-corrected chi connectivity index (χ3v) is 2.54. The van der Waals surface area contributed by atoms with E-state index in [2.05, 4.69) is 19.1 Å². The lowest BCUT2D eigenvalue weighted by Gasteiger charge is -2.27. The van der Waals surface area contributed by atoms with Gasteiger partial charge in [-0.3, -0.25) is 0 Å². The van der Waals surface area contributed by atoms with E-state index in [4.69, 9.17) is 10.5 Å². The second-order valence-electron chi connectivity index (χ2n) is 4.70. The van der Waals surface area contributed by atoms with Crippen molar-refractivity contribution in [3.63, 3.8) is 0 Å². The van der Waals surface area contributed by atoms with Crippen molar-refractivity contribution < 1.29 is 9.53 Å². The van der Waals surface area contributed by atoms with Gasteiger partial charge in [-0.2, -0.15) is 0 Å². The molecule has 0 spiro atoms. The molecule has 0 heterocycles. The Kier molecular flexibility index (Phi) is 3.93. The van der Waals surface area contributed by atoms with Crippen molar-refractivity contribution in [1.82, 2.24) is 0 Å². The number of hydrogen-bond donors (Lipinski definition) is 1. The van der Waals surface area contributed by atoms with Gasteiger partial charge in [0.05, 0.1) is 0 Å². The van der Waals surface area contributed by atoms with Gasteiger partial charge in [-0.05, 0) is 31.7 Å². The van der Waals surface area contributed by atoms with E-state index < -0.39 is 11.7 Å². The second-order valence-corrected chi connectivity index (χ2v) is 4.70. The van der Waals surface area contributed by atoms with E-state index in [9.17, 15) is 4.79 Å². The number of carbonyl (C=O) groups excluding carboxylic acids is 1. The van der Waals surface area contributed by atoms with Gasteiger partial charge in [-0.1, -0.05) is 37.3 Å². The van der Waals surface area contributed by atoms with Crippen LogP contribution in [0.4, 0.5) is 4.79 Å². The standard InChI is InChI=1S/C13H19NO2/c1-10(11-7-5-4-6-8-11)9-13(2,3)16-12(14)15/h4-8,10H,9H2,1-3H3,(H2,14,15). The highest BCUT2D eigenvalue weighted by Gasteiger charge is 2.25. The van der Waals surface area contributed by atoms with Gasteiger partial charge < -0.3 is 10.5 Å². The minimum atomic E-state index is -0.717. The predicted octanol–water partition coefficient (Wildman–Crippen LogP) is 3.05. The van der Waals surface area contributed by atoms with E-state index in [-0.39, 0.29) is 0 Å². The molecule has 1 aromatic carbocycles. The Balaban J connectivity index is 2.64. The normalized spacial score (nSPS) is 13.2. The average Bonchev–Trinajstić information content (AvgIpc) is 2.16. The number of rotatable bonds is 4. The molecule has 0 saturated carbocycles. The van der Waals surface area contributed by atoms with Crippen LogP contribution in [0.25, 0.3) is 0 Å². The maximum atomic E-state index is 10.7. The summed E-state index contributed by atoms with van der Waals surface area (Å²) in [6, 6.07) is 10.2. The van der Waals surface area contributed by atoms with Gasteiger partial charge in [0.1, 0.15) is 5.60 Å². The second kappa shape index (κ2) is 5.01. The summed E-state index contributed by atoms with van der Waals surface area (Å²) in [5.74, 6) is 0.329. The molecule has 88 valence electrons. The molecule has 1 aromatic rings. The van der Waals surface area contributed by atoms with Crippen molar-refractivity contribution in [2.24, 2.45) is 5.73 Å². The lowest BCUT2D eigenvalue weighted by Crippen LogP contribution is -2.32. The molecule has 0 aliphatic rings. The van der Waals surface area contributed by atoms with Gasteiger partial charge in [-0.25, -0.2) is 4.79 Å². The number of amides is 1. The molecule has 0 aromatic heterocycles. The van der Waals surface area contributed by atoms with Crippen LogP contribution in [0.1, 0.15) is 38.7 Å². The molecule has 16 heavy (non-hydrogen) atoms. The molecule has 0 bridgehead atoms. The molecule has 3 nitrogen and oxygen atoms in total. The van der Waals surface area contributed by atoms with Gasteiger partial charge in [0.25, 0.3) is 0 Å². The molecule has 0 radical (unpaired) electrons. The van der Waals surface area contributed by atoms with Crippen LogP contribution in [-0.2, 0) is 4.74 Å². The number of nitrogens with two attached hydrogens (primary N) is 1. The SMILES string of the molecule is CC(CC(C)(C)OC(N)=O)c1ccccc1. The molecule has 0 aliphatic heterocycles. The van der Waals surface area contributed by atoms with Crippen LogP contribution in [-0.4, -0.2) is 11.7 Å². The maximum Gasteiger partial charge on any atom is 0.405 e. The monoisotopic (exact) mass is 221 g/mol. The molecule has 2 N–H and O–H groups in total. The van der Waals surface area contributed by atoms with Crippen molar-refractivity contribution in [3.05, 3.63) is 35.9 Å². The summed E-state index contributed by atoms with van der Waals surface area (Å²) in [5.41, 5.74) is 5.74. The van der Waals surface area contributed by atoms with Gasteiger partial charge in [-0.15, -0.1) is 0 Å². The van der Waals surface area contributed by atoms with Crippen LogP contribution < -0.4 is 5.73 Å². The fraction of sp³-hybridized carbons (Fsp3) is 0.462. The molecule has 1 unspecified atom stereocenters. The van der Waals surface area contributed by atoms with E-state index in [0.717, 1.165) is 6.42 Å². The largest absolute Gasteiger partial charge is 0.444 e. The Morgan fingerprint density at radius 3 is 2.44 bits per heavy atom. The first kappa shape index (κ1) is 12.6. The van der Waals surface area contributed by atoms with Gasteiger partial charge >= 0.3 is 6.09 Å². The summed E-state index contributed by atoms with van der Waals surface area (Å²) in [4.78, 5) is 10.7. The van der Waals surface area contributed by atoms with E-state index in [0.29, 0.717) is 5.92 Å². The van der Waals surface area contributed by atoms with Crippen LogP contribution in [0, 0.1) is 0 Å². The fourth-order valence-electron chi connectivity index (χ4n) is 1.95. The smallest absolute Gasteiger partial charge is 0.405 e. The summed E-state index contributed by atoms with van der Waals surface area (Å²) in [5, 5.41) is 0. The molecular formula is C13H19NO2. The summed E-state index contributed by atoms with van der Waals surface area (Å²) in [6.45, 7) is 5.86. The predicted molar refractivity (Wildman–Crippen MR) is 64.2 cm³/mol. The zero-order valence-electron chi connectivity index (χ0n) is 10.1. The first-order valence-electron chi connectivity index (χ1n) is 5.44. The van der Waals surface area contributed by atoms with Crippen LogP contribution in [0.15, 0.2) is 30.3 Å². The van der Waals surface area contributed by atoms with Crippen molar-refractivity contribution in [1.29, 1.82) is 0 Å². The topological polar surface area (TPSA) is 52.3 Å². The summed E-state index contributed by atoms with van der Waals surface area (Å²) < 4.78 is 5.07. The van der Waals surface area contributed by atoms with Gasteiger partial charge in [0.15, 0.2) is 0 Å². The van der Waals surface area contributed by atoms with Crippen molar-refractivity contribution in [2.45, 2.75) is 38.7 Å². The zero-order chi connectivity index (χ0) is 12.2. The molecule has 0 saturated heterocycles. The van der Waals surface area contributed by atoms with Crippen molar-refractivity contribution in [2.75, 3.05) is 0 Å². The highest BCUT2D eigenvalue weighted by molar-refractivity contribution is 5.65. The Morgan fingerprint density at radius 1 is 1.38 bits per heavy atom. The van der Waals surface area contributed by atoms with E-state index in [1.54, 1.807) is 0 Å². The van der Waals surface area contributed by atoms with Crippen molar-refractivity contribution >= 4 is 6.09 Å². The van der Waals surface area contributed by atoms with Gasteiger partial charge in [0, 0.05) is 0 Å². The Morgan fingerprint density at radius 2 is 1.94 bits per heavy atom. The Labute approximate surface area is 96.6 Å². The third-order valence-electron chi connectivity index (χ3n) is 2.54. The molecular weight excluding hydrogens is 202 g/mol. The summed E-state index contributed by atoms with van der Waals surface area (Å²) >= 11 is 0. The number of benzene rings is 1. The molecule has 1 amide bonds. The highest BCUT2D eigenvalue weighted by atomic mass is 16.6. The highest BCUT2D eigenvalue weighted by Crippen LogP contribution is 2.27. The van der Waals surface area contributed by atoms with Crippen LogP contribution >= 0.6 is 0 Å². The molecule has 0 fully saturated rings. The number of primary amides is 1. The average molecular weight is 221 g/mol. The van der Waals surface area contributed by atoms with Crippen molar-refractivity contribution in [3.8, 4) is 0 Å². The number of ether oxygens (including phenoxy) is 1. The van der Waals surface area contributed by atoms with E-state index >= 15 is 0 Å². The van der Waals surface area contributed by atoms with Crippen LogP contribution in [0.2, 0.25) is 0 Å². The van der Waals surface area contributed by atoms with Crippen LogP contribution in [0.3, 0.4) is 0 Å². The van der Waals surface area contributed by atoms with E-state index in [1.807, 2.05) is 32.0 Å². The van der Waals surface area contributed by atoms with Gasteiger partial charge in [0.2, 0.25) is 0 Å². The molecule has 3 heteroatoms. The minimum Gasteiger partial charge on any atom is -0.444 e. The lowest BCUT2D eigenvalue weighted by molar-refractivity contribution is 0.0349. The molecule has 1 rings (SSSR count). The molecule has 0 aliphatic carbocycles. The zero-order valence-corrected chi connectivity index (χ0v) is 10.1. The van der Waals surface area contributed by atoms with E-state index in [1.165, 1.54) is 5.56 Å². The first-order chi connectivity index (χ1) is 7.41. The fourth-order valence-corrected chi connectivity index (χ4v) is 1.95. The Bertz CT molecular complexity index is 346. The summed E-state index contributed by atoms with van der Waals surface area (Å²) in [7, 11) is 0. The summed E-state index contributed by atoms with van der Waals surface area (Å²) in [6.07, 6.45) is 0.0326. The minimum absolute atomic E-state index is 0.329. The first-order valence-corrected chi connectivity index (χ1v) is 5.44.